The molecule has 35 heavy (non-hydrogen) atoms. The monoisotopic (exact) mass is 494 g/mol. The molecule has 10 nitrogen and oxygen atoms in total. The fraction of sp³-hybridized carbons (Fsp3) is 0.208. The maximum atomic E-state index is 12.4. The van der Waals surface area contributed by atoms with Crippen LogP contribution in [0.25, 0.3) is 11.3 Å². The van der Waals surface area contributed by atoms with Gasteiger partial charge in [-0.15, -0.1) is 0 Å². The fourth-order valence-corrected chi connectivity index (χ4v) is 3.20. The van der Waals surface area contributed by atoms with E-state index in [-0.39, 0.29) is 17.2 Å². The molecule has 1 heterocycles. The minimum atomic E-state index is -0.694. The van der Waals surface area contributed by atoms with Gasteiger partial charge in [0.2, 0.25) is 5.95 Å². The maximum Gasteiger partial charge on any atom is 0.412 e. The molecule has 0 radical (unpaired) electrons. The predicted octanol–water partition coefficient (Wildman–Crippen LogP) is 4.76. The number of amides is 1. The number of carbonyl (C=O) groups excluding carboxylic acids is 1. The van der Waals surface area contributed by atoms with Crippen LogP contribution in [0.15, 0.2) is 52.4 Å². The minimum absolute atomic E-state index is 0.0189. The Morgan fingerprint density at radius 3 is 2.60 bits per heavy atom. The average molecular weight is 495 g/mol. The van der Waals surface area contributed by atoms with Gasteiger partial charge >= 0.3 is 6.09 Å². The minimum Gasteiger partial charge on any atom is -0.495 e. The number of aromatic amines is 1. The summed E-state index contributed by atoms with van der Waals surface area (Å²) in [5.74, 6) is 0.360. The van der Waals surface area contributed by atoms with Crippen LogP contribution in [0, 0.1) is 11.3 Å². The second kappa shape index (κ2) is 10.7. The summed E-state index contributed by atoms with van der Waals surface area (Å²) in [6, 6.07) is 13.8. The van der Waals surface area contributed by atoms with Gasteiger partial charge in [-0.2, -0.15) is 10.4 Å². The van der Waals surface area contributed by atoms with Gasteiger partial charge in [0, 0.05) is 17.2 Å². The zero-order chi connectivity index (χ0) is 25.6. The Kier molecular flexibility index (Phi) is 7.73. The second-order valence-electron chi connectivity index (χ2n) is 8.19. The number of carbonyl (C=O) groups is 1. The van der Waals surface area contributed by atoms with E-state index >= 15 is 0 Å². The summed E-state index contributed by atoms with van der Waals surface area (Å²) in [6.45, 7) is 5.24. The summed E-state index contributed by atoms with van der Waals surface area (Å²) in [4.78, 5) is 31.5. The van der Waals surface area contributed by atoms with Crippen molar-refractivity contribution < 1.29 is 14.3 Å². The van der Waals surface area contributed by atoms with Crippen molar-refractivity contribution in [3.63, 3.8) is 0 Å². The SMILES string of the molecule is COc1cc(NC(=O)OC(C)(C)C)c(C=NNc2nc(-c3ccccc3)c(C#N)c(=O)[nH]2)cc1Cl. The Morgan fingerprint density at radius 1 is 1.26 bits per heavy atom. The molecule has 2 aromatic carbocycles. The molecule has 0 bridgehead atoms. The van der Waals surface area contributed by atoms with E-state index in [0.29, 0.717) is 27.6 Å². The molecule has 1 aromatic heterocycles. The average Bonchev–Trinajstić information content (AvgIpc) is 2.79. The van der Waals surface area contributed by atoms with Crippen LogP contribution in [-0.2, 0) is 4.74 Å². The number of rotatable bonds is 6. The molecule has 0 atom stereocenters. The molecule has 0 unspecified atom stereocenters. The number of hydrogen-bond donors (Lipinski definition) is 3. The lowest BCUT2D eigenvalue weighted by atomic mass is 10.1. The molecular weight excluding hydrogens is 472 g/mol. The summed E-state index contributed by atoms with van der Waals surface area (Å²) in [5, 5.41) is 16.4. The first-order chi connectivity index (χ1) is 16.6. The summed E-state index contributed by atoms with van der Waals surface area (Å²) < 4.78 is 10.5. The normalized spacial score (nSPS) is 11.1. The van der Waals surface area contributed by atoms with E-state index in [0.717, 1.165) is 0 Å². The van der Waals surface area contributed by atoms with Gasteiger partial charge in [-0.3, -0.25) is 15.1 Å². The van der Waals surface area contributed by atoms with Gasteiger partial charge in [0.25, 0.3) is 5.56 Å². The number of hydrazone groups is 1. The molecule has 0 saturated carbocycles. The van der Waals surface area contributed by atoms with Crippen LogP contribution in [0.3, 0.4) is 0 Å². The van der Waals surface area contributed by atoms with E-state index in [1.807, 2.05) is 12.1 Å². The van der Waals surface area contributed by atoms with Crippen LogP contribution in [0.2, 0.25) is 5.02 Å². The van der Waals surface area contributed by atoms with Crippen LogP contribution in [0.1, 0.15) is 31.9 Å². The van der Waals surface area contributed by atoms with Crippen molar-refractivity contribution >= 4 is 35.5 Å². The van der Waals surface area contributed by atoms with E-state index < -0.39 is 17.3 Å². The molecule has 0 saturated heterocycles. The molecule has 180 valence electrons. The lowest BCUT2D eigenvalue weighted by molar-refractivity contribution is 0.0636. The van der Waals surface area contributed by atoms with Gasteiger partial charge in [-0.05, 0) is 26.8 Å². The largest absolute Gasteiger partial charge is 0.495 e. The summed E-state index contributed by atoms with van der Waals surface area (Å²) >= 11 is 6.24. The number of ether oxygens (including phenoxy) is 2. The van der Waals surface area contributed by atoms with E-state index in [1.165, 1.54) is 19.4 Å². The Bertz CT molecular complexity index is 1360. The van der Waals surface area contributed by atoms with Crippen LogP contribution in [-0.4, -0.2) is 35.0 Å². The molecule has 3 rings (SSSR count). The van der Waals surface area contributed by atoms with Crippen molar-refractivity contribution in [2.45, 2.75) is 26.4 Å². The van der Waals surface area contributed by atoms with Crippen LogP contribution < -0.4 is 21.0 Å². The molecule has 3 aromatic rings. The number of anilines is 2. The number of nitrogens with one attached hydrogen (secondary N) is 3. The van der Waals surface area contributed by atoms with Gasteiger partial charge in [-0.1, -0.05) is 41.9 Å². The van der Waals surface area contributed by atoms with Crippen molar-refractivity contribution in [3.8, 4) is 23.1 Å². The molecule has 0 aliphatic rings. The number of nitriles is 1. The highest BCUT2D eigenvalue weighted by atomic mass is 35.5. The van der Waals surface area contributed by atoms with E-state index in [2.05, 4.69) is 25.8 Å². The number of hydrogen-bond acceptors (Lipinski definition) is 8. The topological polar surface area (TPSA) is 141 Å². The van der Waals surface area contributed by atoms with Gasteiger partial charge in [0.1, 0.15) is 23.0 Å². The Hall–Kier alpha value is -4.36. The number of methoxy groups -OCH3 is 1. The van der Waals surface area contributed by atoms with Gasteiger partial charge in [-0.25, -0.2) is 15.2 Å². The third-order valence-electron chi connectivity index (χ3n) is 4.41. The predicted molar refractivity (Wildman–Crippen MR) is 134 cm³/mol. The van der Waals surface area contributed by atoms with Gasteiger partial charge < -0.3 is 9.47 Å². The Labute approximate surface area is 206 Å². The number of aromatic nitrogens is 2. The van der Waals surface area contributed by atoms with Crippen molar-refractivity contribution in [2.24, 2.45) is 5.10 Å². The number of H-pyrrole nitrogens is 1. The third kappa shape index (κ3) is 6.59. The number of benzene rings is 2. The third-order valence-corrected chi connectivity index (χ3v) is 4.71. The molecule has 3 N–H and O–H groups in total. The maximum absolute atomic E-state index is 12.4. The molecule has 11 heteroatoms. The van der Waals surface area contributed by atoms with Gasteiger partial charge in [0.05, 0.1) is 29.7 Å². The van der Waals surface area contributed by atoms with Crippen LogP contribution >= 0.6 is 11.6 Å². The zero-order valence-electron chi connectivity index (χ0n) is 19.5. The lowest BCUT2D eigenvalue weighted by Crippen LogP contribution is -2.27. The molecule has 0 fully saturated rings. The highest BCUT2D eigenvalue weighted by Gasteiger charge is 2.18. The van der Waals surface area contributed by atoms with Crippen molar-refractivity contribution in [2.75, 3.05) is 17.9 Å². The number of nitrogens with zero attached hydrogens (tertiary/aromatic N) is 3. The molecule has 0 spiro atoms. The smallest absolute Gasteiger partial charge is 0.412 e. The Balaban J connectivity index is 1.91. The van der Waals surface area contributed by atoms with Crippen molar-refractivity contribution in [1.29, 1.82) is 5.26 Å². The Morgan fingerprint density at radius 2 is 1.97 bits per heavy atom. The highest BCUT2D eigenvalue weighted by molar-refractivity contribution is 6.32. The second-order valence-corrected chi connectivity index (χ2v) is 8.59. The quantitative estimate of drug-likeness (QED) is 0.331. The molecular formula is C24H23ClN6O4. The molecule has 0 aliphatic carbocycles. The summed E-state index contributed by atoms with van der Waals surface area (Å²) in [6.07, 6.45) is 0.702. The van der Waals surface area contributed by atoms with Crippen LogP contribution in [0.5, 0.6) is 5.75 Å². The fourth-order valence-electron chi connectivity index (χ4n) is 2.95. The van der Waals surface area contributed by atoms with E-state index in [4.69, 9.17) is 21.1 Å². The zero-order valence-corrected chi connectivity index (χ0v) is 20.2. The van der Waals surface area contributed by atoms with Gasteiger partial charge in [0.15, 0.2) is 0 Å². The van der Waals surface area contributed by atoms with Crippen molar-refractivity contribution in [1.82, 2.24) is 9.97 Å². The molecule has 1 amide bonds. The highest BCUT2D eigenvalue weighted by Crippen LogP contribution is 2.31. The first-order valence-corrected chi connectivity index (χ1v) is 10.8. The summed E-state index contributed by atoms with van der Waals surface area (Å²) in [7, 11) is 1.45. The first-order valence-electron chi connectivity index (χ1n) is 10.4. The molecule has 0 aliphatic heterocycles. The van der Waals surface area contributed by atoms with E-state index in [1.54, 1.807) is 51.1 Å². The lowest BCUT2D eigenvalue weighted by Gasteiger charge is -2.20. The van der Waals surface area contributed by atoms with E-state index in [9.17, 15) is 14.9 Å². The number of halogens is 1. The summed E-state index contributed by atoms with van der Waals surface area (Å²) in [5.41, 5.74) is 2.79. The van der Waals surface area contributed by atoms with Crippen LogP contribution in [0.4, 0.5) is 16.4 Å². The standard InChI is InChI=1S/C24H23ClN6O4/c1-24(2,3)35-23(33)28-18-11-19(34-4)17(25)10-15(18)13-27-31-22-29-20(14-8-6-5-7-9-14)16(12-26)21(32)30-22/h5-11,13H,1-4H3,(H,28,33)(H2,29,30,31,32). The van der Waals surface area contributed by atoms with Crippen molar-refractivity contribution in [3.05, 3.63) is 69.0 Å². The first kappa shape index (κ1) is 25.3.